The molecule has 0 fully saturated rings. The first-order valence-corrected chi connectivity index (χ1v) is 7.00. The molecule has 3 aromatic rings. The second-order valence-electron chi connectivity index (χ2n) is 4.72. The molecular weight excluding hydrogens is 276 g/mol. The average molecular weight is 292 g/mol. The monoisotopic (exact) mass is 292 g/mol. The molecule has 0 spiro atoms. The zero-order valence-electron chi connectivity index (χ0n) is 12.0. The Kier molecular flexibility index (Phi) is 4.51. The van der Waals surface area contributed by atoms with Crippen molar-refractivity contribution >= 4 is 11.8 Å². The van der Waals surface area contributed by atoms with Crippen LogP contribution < -0.4 is 10.6 Å². The Morgan fingerprint density at radius 2 is 1.64 bits per heavy atom. The third-order valence-corrected chi connectivity index (χ3v) is 3.05. The molecule has 2 heterocycles. The van der Waals surface area contributed by atoms with Crippen LogP contribution in [0.15, 0.2) is 61.1 Å². The Bertz CT molecular complexity index is 643. The molecule has 3 rings (SSSR count). The van der Waals surface area contributed by atoms with Crippen molar-refractivity contribution < 1.29 is 0 Å². The molecule has 0 bridgehead atoms. The summed E-state index contributed by atoms with van der Waals surface area (Å²) in [5.41, 5.74) is 2.25. The number of benzene rings is 1. The van der Waals surface area contributed by atoms with Crippen LogP contribution in [0.5, 0.6) is 0 Å². The lowest BCUT2D eigenvalue weighted by atomic mass is 10.2. The summed E-state index contributed by atoms with van der Waals surface area (Å²) < 4.78 is 0. The van der Waals surface area contributed by atoms with Crippen LogP contribution in [0.1, 0.15) is 11.1 Å². The number of rotatable bonds is 6. The highest BCUT2D eigenvalue weighted by atomic mass is 15.3. The topological polar surface area (TPSA) is 75.6 Å². The van der Waals surface area contributed by atoms with Gasteiger partial charge in [0.05, 0.1) is 6.20 Å². The van der Waals surface area contributed by atoms with Gasteiger partial charge in [-0.3, -0.25) is 4.98 Å². The second kappa shape index (κ2) is 7.12. The summed E-state index contributed by atoms with van der Waals surface area (Å²) in [5, 5.41) is 14.3. The van der Waals surface area contributed by atoms with Crippen LogP contribution in [0.25, 0.3) is 0 Å². The molecule has 0 unspecified atom stereocenters. The number of anilines is 2. The Morgan fingerprint density at radius 1 is 0.818 bits per heavy atom. The molecule has 0 aliphatic rings. The second-order valence-corrected chi connectivity index (χ2v) is 4.72. The molecule has 6 nitrogen and oxygen atoms in total. The summed E-state index contributed by atoms with van der Waals surface area (Å²) >= 11 is 0. The summed E-state index contributed by atoms with van der Waals surface area (Å²) in [7, 11) is 0. The van der Waals surface area contributed by atoms with Crippen LogP contribution in [-0.4, -0.2) is 20.2 Å². The van der Waals surface area contributed by atoms with Crippen LogP contribution in [0, 0.1) is 0 Å². The predicted molar refractivity (Wildman–Crippen MR) is 85.2 cm³/mol. The van der Waals surface area contributed by atoms with E-state index in [0.29, 0.717) is 24.9 Å². The van der Waals surface area contributed by atoms with Crippen molar-refractivity contribution in [2.24, 2.45) is 0 Å². The van der Waals surface area contributed by atoms with E-state index in [9.17, 15) is 0 Å². The SMILES string of the molecule is c1ccc(CNc2nncc(NCc3cccnc3)n2)cc1. The molecule has 2 aromatic heterocycles. The van der Waals surface area contributed by atoms with Gasteiger partial charge in [0.25, 0.3) is 0 Å². The zero-order valence-corrected chi connectivity index (χ0v) is 12.0. The van der Waals surface area contributed by atoms with E-state index in [1.165, 1.54) is 5.56 Å². The average Bonchev–Trinajstić information content (AvgIpc) is 2.60. The van der Waals surface area contributed by atoms with Gasteiger partial charge in [-0.2, -0.15) is 10.1 Å². The molecule has 0 saturated carbocycles. The standard InChI is InChI=1S/C16H16N6/c1-2-5-13(6-3-1)10-19-16-21-15(12-20-22-16)18-11-14-7-4-8-17-9-14/h1-9,12H,10-11H2,(H2,18,19,21,22). The fourth-order valence-electron chi connectivity index (χ4n) is 1.94. The number of nitrogens with zero attached hydrogens (tertiary/aromatic N) is 4. The maximum Gasteiger partial charge on any atom is 0.244 e. The fourth-order valence-corrected chi connectivity index (χ4v) is 1.94. The summed E-state index contributed by atoms with van der Waals surface area (Å²) in [4.78, 5) is 8.46. The van der Waals surface area contributed by atoms with Gasteiger partial charge in [-0.05, 0) is 17.2 Å². The van der Waals surface area contributed by atoms with E-state index in [1.807, 2.05) is 48.7 Å². The van der Waals surface area contributed by atoms with Gasteiger partial charge in [0.15, 0.2) is 5.82 Å². The van der Waals surface area contributed by atoms with E-state index in [4.69, 9.17) is 0 Å². The van der Waals surface area contributed by atoms with E-state index < -0.39 is 0 Å². The van der Waals surface area contributed by atoms with Gasteiger partial charge in [-0.15, -0.1) is 5.10 Å². The maximum atomic E-state index is 4.39. The van der Waals surface area contributed by atoms with Crippen LogP contribution in [0.3, 0.4) is 0 Å². The van der Waals surface area contributed by atoms with Crippen LogP contribution in [0.4, 0.5) is 11.8 Å². The number of pyridine rings is 1. The van der Waals surface area contributed by atoms with E-state index in [0.717, 1.165) is 5.56 Å². The third kappa shape index (κ3) is 3.99. The first-order valence-electron chi connectivity index (χ1n) is 7.00. The number of hydrogen-bond acceptors (Lipinski definition) is 6. The van der Waals surface area contributed by atoms with Crippen LogP contribution >= 0.6 is 0 Å². The molecule has 2 N–H and O–H groups in total. The highest BCUT2D eigenvalue weighted by Crippen LogP contribution is 2.07. The lowest BCUT2D eigenvalue weighted by Crippen LogP contribution is -2.08. The molecule has 0 aliphatic heterocycles. The van der Waals surface area contributed by atoms with Crippen molar-refractivity contribution in [1.29, 1.82) is 0 Å². The Balaban J connectivity index is 1.58. The molecule has 1 aromatic carbocycles. The first-order chi connectivity index (χ1) is 10.9. The molecule has 0 saturated heterocycles. The van der Waals surface area contributed by atoms with Gasteiger partial charge >= 0.3 is 0 Å². The van der Waals surface area contributed by atoms with Crippen molar-refractivity contribution in [3.05, 3.63) is 72.2 Å². The molecule has 0 atom stereocenters. The predicted octanol–water partition coefficient (Wildman–Crippen LogP) is 2.49. The third-order valence-electron chi connectivity index (χ3n) is 3.05. The quantitative estimate of drug-likeness (QED) is 0.727. The first kappa shape index (κ1) is 13.9. The number of hydrogen-bond donors (Lipinski definition) is 2. The molecule has 6 heteroatoms. The lowest BCUT2D eigenvalue weighted by molar-refractivity contribution is 0.936. The Labute approximate surface area is 128 Å². The molecular formula is C16H16N6. The molecule has 0 amide bonds. The smallest absolute Gasteiger partial charge is 0.244 e. The largest absolute Gasteiger partial charge is 0.364 e. The zero-order chi connectivity index (χ0) is 15.0. The van der Waals surface area contributed by atoms with Crippen molar-refractivity contribution in [3.63, 3.8) is 0 Å². The van der Waals surface area contributed by atoms with Gasteiger partial charge in [0.1, 0.15) is 0 Å². The minimum absolute atomic E-state index is 0.500. The number of nitrogens with one attached hydrogen (secondary N) is 2. The van der Waals surface area contributed by atoms with E-state index in [2.05, 4.69) is 30.8 Å². The fraction of sp³-hybridized carbons (Fsp3) is 0.125. The summed E-state index contributed by atoms with van der Waals surface area (Å²) in [6, 6.07) is 14.0. The van der Waals surface area contributed by atoms with Crippen molar-refractivity contribution in [2.45, 2.75) is 13.1 Å². The number of aromatic nitrogens is 4. The minimum Gasteiger partial charge on any atom is -0.364 e. The van der Waals surface area contributed by atoms with E-state index in [-0.39, 0.29) is 0 Å². The highest BCUT2D eigenvalue weighted by molar-refractivity contribution is 5.38. The normalized spacial score (nSPS) is 10.2. The highest BCUT2D eigenvalue weighted by Gasteiger charge is 2.01. The Morgan fingerprint density at radius 3 is 2.45 bits per heavy atom. The van der Waals surface area contributed by atoms with E-state index >= 15 is 0 Å². The van der Waals surface area contributed by atoms with E-state index in [1.54, 1.807) is 12.4 Å². The minimum atomic E-state index is 0.500. The Hall–Kier alpha value is -3.02. The molecule has 22 heavy (non-hydrogen) atoms. The molecule has 0 aliphatic carbocycles. The van der Waals surface area contributed by atoms with Crippen molar-refractivity contribution in [2.75, 3.05) is 10.6 Å². The summed E-state index contributed by atoms with van der Waals surface area (Å²) in [6.07, 6.45) is 5.17. The van der Waals surface area contributed by atoms with Gasteiger partial charge in [-0.1, -0.05) is 36.4 Å². The molecule has 110 valence electrons. The van der Waals surface area contributed by atoms with Crippen molar-refractivity contribution in [1.82, 2.24) is 20.2 Å². The van der Waals surface area contributed by atoms with Crippen molar-refractivity contribution in [3.8, 4) is 0 Å². The maximum absolute atomic E-state index is 4.39. The summed E-state index contributed by atoms with van der Waals surface area (Å²) in [6.45, 7) is 1.30. The van der Waals surface area contributed by atoms with Crippen LogP contribution in [0.2, 0.25) is 0 Å². The summed E-state index contributed by atoms with van der Waals surface area (Å²) in [5.74, 6) is 1.18. The lowest BCUT2D eigenvalue weighted by Gasteiger charge is -2.07. The van der Waals surface area contributed by atoms with Gasteiger partial charge in [-0.25, -0.2) is 0 Å². The van der Waals surface area contributed by atoms with Gasteiger partial charge in [0.2, 0.25) is 5.95 Å². The van der Waals surface area contributed by atoms with Gasteiger partial charge < -0.3 is 10.6 Å². The van der Waals surface area contributed by atoms with Gasteiger partial charge in [0, 0.05) is 25.5 Å². The molecule has 0 radical (unpaired) electrons. The van der Waals surface area contributed by atoms with Crippen LogP contribution in [-0.2, 0) is 13.1 Å².